The standard InChI is InChI=1S/C17H25N5OS/c1-14-13-15(2)22(19-14)7-4-6-18-17(23)21-10-8-20(9-11-21)16-5-3-12-24-16/h3,5,12-13H,4,6-11H2,1-2H3,(H,18,23). The molecule has 0 aliphatic carbocycles. The maximum absolute atomic E-state index is 12.3. The van der Waals surface area contributed by atoms with Gasteiger partial charge in [0.15, 0.2) is 0 Å². The van der Waals surface area contributed by atoms with Crippen LogP contribution in [0.3, 0.4) is 0 Å². The number of nitrogens with zero attached hydrogens (tertiary/aromatic N) is 4. The van der Waals surface area contributed by atoms with Gasteiger partial charge in [0.2, 0.25) is 0 Å². The summed E-state index contributed by atoms with van der Waals surface area (Å²) in [6, 6.07) is 6.33. The molecule has 130 valence electrons. The van der Waals surface area contributed by atoms with Crippen LogP contribution in [0.4, 0.5) is 9.80 Å². The Bertz CT molecular complexity index is 659. The summed E-state index contributed by atoms with van der Waals surface area (Å²) in [5, 5.41) is 10.9. The Balaban J connectivity index is 1.36. The van der Waals surface area contributed by atoms with Crippen LogP contribution in [0.25, 0.3) is 0 Å². The zero-order chi connectivity index (χ0) is 16.9. The highest BCUT2D eigenvalue weighted by molar-refractivity contribution is 7.14. The van der Waals surface area contributed by atoms with Gasteiger partial charge < -0.3 is 15.1 Å². The maximum Gasteiger partial charge on any atom is 0.317 e. The second-order valence-corrected chi connectivity index (χ2v) is 7.09. The summed E-state index contributed by atoms with van der Waals surface area (Å²) >= 11 is 1.76. The van der Waals surface area contributed by atoms with Crippen LogP contribution < -0.4 is 10.2 Å². The molecular formula is C17H25N5OS. The highest BCUT2D eigenvalue weighted by atomic mass is 32.1. The van der Waals surface area contributed by atoms with E-state index in [4.69, 9.17) is 0 Å². The van der Waals surface area contributed by atoms with E-state index in [0.29, 0.717) is 6.54 Å². The molecule has 3 rings (SSSR count). The zero-order valence-corrected chi connectivity index (χ0v) is 15.2. The summed E-state index contributed by atoms with van der Waals surface area (Å²) in [6.45, 7) is 8.95. The van der Waals surface area contributed by atoms with E-state index in [1.807, 2.05) is 16.5 Å². The van der Waals surface area contributed by atoms with Crippen molar-refractivity contribution >= 4 is 22.4 Å². The molecule has 2 aromatic heterocycles. The van der Waals surface area contributed by atoms with Crippen LogP contribution in [0.1, 0.15) is 17.8 Å². The molecule has 0 atom stereocenters. The quantitative estimate of drug-likeness (QED) is 0.846. The first-order valence-corrected chi connectivity index (χ1v) is 9.34. The lowest BCUT2D eigenvalue weighted by Crippen LogP contribution is -2.51. The number of aromatic nitrogens is 2. The largest absolute Gasteiger partial charge is 0.360 e. The summed E-state index contributed by atoms with van der Waals surface area (Å²) in [6.07, 6.45) is 0.892. The smallest absolute Gasteiger partial charge is 0.317 e. The second-order valence-electron chi connectivity index (χ2n) is 6.16. The fourth-order valence-corrected chi connectivity index (χ4v) is 3.80. The molecule has 1 saturated heterocycles. The molecule has 2 aromatic rings. The SMILES string of the molecule is Cc1cc(C)n(CCCNC(=O)N2CCN(c3cccs3)CC2)n1. The minimum Gasteiger partial charge on any atom is -0.360 e. The molecule has 0 bridgehead atoms. The number of thiophene rings is 1. The van der Waals surface area contributed by atoms with E-state index in [1.165, 1.54) is 10.7 Å². The Morgan fingerprint density at radius 1 is 1.29 bits per heavy atom. The third kappa shape index (κ3) is 4.08. The molecule has 24 heavy (non-hydrogen) atoms. The Morgan fingerprint density at radius 3 is 2.71 bits per heavy atom. The number of rotatable bonds is 5. The maximum atomic E-state index is 12.3. The van der Waals surface area contributed by atoms with Gasteiger partial charge in [-0.3, -0.25) is 4.68 Å². The van der Waals surface area contributed by atoms with E-state index < -0.39 is 0 Å². The van der Waals surface area contributed by atoms with Gasteiger partial charge in [-0.25, -0.2) is 4.79 Å². The average Bonchev–Trinajstić information content (AvgIpc) is 3.21. The monoisotopic (exact) mass is 347 g/mol. The molecule has 0 saturated carbocycles. The Hall–Kier alpha value is -2.02. The van der Waals surface area contributed by atoms with Crippen molar-refractivity contribution in [1.82, 2.24) is 20.0 Å². The van der Waals surface area contributed by atoms with Crippen molar-refractivity contribution in [1.29, 1.82) is 0 Å². The first-order valence-electron chi connectivity index (χ1n) is 8.46. The van der Waals surface area contributed by atoms with Gasteiger partial charge in [0.1, 0.15) is 0 Å². The van der Waals surface area contributed by atoms with Gasteiger partial charge in [0, 0.05) is 45.0 Å². The van der Waals surface area contributed by atoms with Gasteiger partial charge in [-0.05, 0) is 43.8 Å². The molecule has 0 radical (unpaired) electrons. The van der Waals surface area contributed by atoms with Crippen molar-refractivity contribution in [3.8, 4) is 0 Å². The first-order chi connectivity index (χ1) is 11.6. The average molecular weight is 347 g/mol. The highest BCUT2D eigenvalue weighted by Gasteiger charge is 2.21. The van der Waals surface area contributed by atoms with Gasteiger partial charge in [-0.15, -0.1) is 11.3 Å². The normalized spacial score (nSPS) is 14.9. The topological polar surface area (TPSA) is 53.4 Å². The number of carbonyl (C=O) groups is 1. The second kappa shape index (κ2) is 7.70. The number of piperazine rings is 1. The number of hydrogen-bond acceptors (Lipinski definition) is 4. The van der Waals surface area contributed by atoms with Crippen molar-refractivity contribution in [3.05, 3.63) is 35.0 Å². The number of nitrogens with one attached hydrogen (secondary N) is 1. The van der Waals surface area contributed by atoms with E-state index in [0.717, 1.165) is 44.8 Å². The number of carbonyl (C=O) groups excluding carboxylic acids is 1. The summed E-state index contributed by atoms with van der Waals surface area (Å²) in [7, 11) is 0. The van der Waals surface area contributed by atoms with Gasteiger partial charge in [-0.1, -0.05) is 0 Å². The van der Waals surface area contributed by atoms with Gasteiger partial charge in [0.25, 0.3) is 0 Å². The summed E-state index contributed by atoms with van der Waals surface area (Å²) < 4.78 is 2.00. The molecule has 1 N–H and O–H groups in total. The number of amides is 2. The van der Waals surface area contributed by atoms with Crippen molar-refractivity contribution in [2.24, 2.45) is 0 Å². The molecule has 1 fully saturated rings. The van der Waals surface area contributed by atoms with Crippen LogP contribution in [-0.2, 0) is 6.54 Å². The lowest BCUT2D eigenvalue weighted by atomic mass is 10.3. The van der Waals surface area contributed by atoms with E-state index in [9.17, 15) is 4.79 Å². The minimum atomic E-state index is 0.0502. The molecule has 0 unspecified atom stereocenters. The van der Waals surface area contributed by atoms with Crippen LogP contribution in [0.2, 0.25) is 0 Å². The van der Waals surface area contributed by atoms with Crippen LogP contribution in [0.5, 0.6) is 0 Å². The molecule has 1 aliphatic heterocycles. The van der Waals surface area contributed by atoms with E-state index in [1.54, 1.807) is 11.3 Å². The lowest BCUT2D eigenvalue weighted by molar-refractivity contribution is 0.194. The number of hydrogen-bond donors (Lipinski definition) is 1. The van der Waals surface area contributed by atoms with Gasteiger partial charge in [0.05, 0.1) is 10.7 Å². The van der Waals surface area contributed by atoms with E-state index >= 15 is 0 Å². The lowest BCUT2D eigenvalue weighted by Gasteiger charge is -2.35. The van der Waals surface area contributed by atoms with Crippen LogP contribution in [0, 0.1) is 13.8 Å². The van der Waals surface area contributed by atoms with Gasteiger partial charge >= 0.3 is 6.03 Å². The third-order valence-electron chi connectivity index (χ3n) is 4.31. The fraction of sp³-hybridized carbons (Fsp3) is 0.529. The van der Waals surface area contributed by atoms with Crippen molar-refractivity contribution in [2.75, 3.05) is 37.6 Å². The Labute approximate surface area is 147 Å². The van der Waals surface area contributed by atoms with Crippen LogP contribution >= 0.6 is 11.3 Å². The molecule has 2 amide bonds. The third-order valence-corrected chi connectivity index (χ3v) is 5.24. The zero-order valence-electron chi connectivity index (χ0n) is 14.4. The predicted molar refractivity (Wildman–Crippen MR) is 97.8 cm³/mol. The minimum absolute atomic E-state index is 0.0502. The predicted octanol–water partition coefficient (Wildman–Crippen LogP) is 2.48. The Morgan fingerprint density at radius 2 is 2.08 bits per heavy atom. The van der Waals surface area contributed by atoms with Crippen LogP contribution in [0.15, 0.2) is 23.6 Å². The summed E-state index contributed by atoms with van der Waals surface area (Å²) in [4.78, 5) is 16.5. The molecule has 0 spiro atoms. The van der Waals surface area contributed by atoms with Crippen molar-refractivity contribution in [3.63, 3.8) is 0 Å². The molecule has 1 aliphatic rings. The molecule has 7 heteroatoms. The van der Waals surface area contributed by atoms with Crippen LogP contribution in [-0.4, -0.2) is 53.4 Å². The van der Waals surface area contributed by atoms with Crippen molar-refractivity contribution in [2.45, 2.75) is 26.8 Å². The number of urea groups is 1. The first kappa shape index (κ1) is 16.8. The molecule has 0 aromatic carbocycles. The molecule has 6 nitrogen and oxygen atoms in total. The molecule has 3 heterocycles. The Kier molecular flexibility index (Phi) is 5.40. The number of aryl methyl sites for hydroxylation is 3. The fourth-order valence-electron chi connectivity index (χ4n) is 3.02. The van der Waals surface area contributed by atoms with Gasteiger partial charge in [-0.2, -0.15) is 5.10 Å². The summed E-state index contributed by atoms with van der Waals surface area (Å²) in [5.41, 5.74) is 2.21. The molecular weight excluding hydrogens is 322 g/mol. The summed E-state index contributed by atoms with van der Waals surface area (Å²) in [5.74, 6) is 0. The van der Waals surface area contributed by atoms with E-state index in [2.05, 4.69) is 45.8 Å². The highest BCUT2D eigenvalue weighted by Crippen LogP contribution is 2.22. The number of anilines is 1. The van der Waals surface area contributed by atoms with Crippen molar-refractivity contribution < 1.29 is 4.79 Å². The van der Waals surface area contributed by atoms with E-state index in [-0.39, 0.29) is 6.03 Å².